The van der Waals surface area contributed by atoms with E-state index in [1.807, 2.05) is 12.1 Å². The Balaban J connectivity index is 1.72. The van der Waals surface area contributed by atoms with Crippen molar-refractivity contribution in [3.63, 3.8) is 0 Å². The number of anilines is 1. The van der Waals surface area contributed by atoms with Crippen LogP contribution in [-0.2, 0) is 11.2 Å². The Labute approximate surface area is 121 Å². The van der Waals surface area contributed by atoms with Crippen LogP contribution in [0.4, 0.5) is 5.69 Å². The molecule has 1 N–H and O–H groups in total. The van der Waals surface area contributed by atoms with Gasteiger partial charge in [-0.25, -0.2) is 0 Å². The number of aromatic nitrogens is 1. The van der Waals surface area contributed by atoms with Crippen LogP contribution in [0.15, 0.2) is 47.6 Å². The zero-order chi connectivity index (χ0) is 13.9. The quantitative estimate of drug-likeness (QED) is 0.942. The van der Waals surface area contributed by atoms with Gasteiger partial charge in [-0.05, 0) is 18.1 Å². The van der Waals surface area contributed by atoms with Crippen LogP contribution < -0.4 is 10.1 Å². The Morgan fingerprint density at radius 1 is 1.40 bits per heavy atom. The molecule has 102 valence electrons. The average Bonchev–Trinajstić information content (AvgIpc) is 2.92. The summed E-state index contributed by atoms with van der Waals surface area (Å²) in [7, 11) is 1.57. The highest BCUT2D eigenvalue weighted by Gasteiger charge is 2.28. The number of carbonyl (C=O) groups is 1. The minimum absolute atomic E-state index is 0.0162. The van der Waals surface area contributed by atoms with Crippen molar-refractivity contribution in [1.29, 1.82) is 0 Å². The lowest BCUT2D eigenvalue weighted by molar-refractivity contribution is -0.115. The summed E-state index contributed by atoms with van der Waals surface area (Å²) in [6.07, 6.45) is 3.99. The minimum atomic E-state index is -0.0997. The lowest BCUT2D eigenvalue weighted by Crippen LogP contribution is -2.24. The summed E-state index contributed by atoms with van der Waals surface area (Å²) in [5.74, 6) is 0.603. The van der Waals surface area contributed by atoms with Crippen molar-refractivity contribution in [2.24, 2.45) is 0 Å². The van der Waals surface area contributed by atoms with Gasteiger partial charge in [0.25, 0.3) is 0 Å². The first-order valence-corrected chi connectivity index (χ1v) is 7.19. The van der Waals surface area contributed by atoms with Crippen molar-refractivity contribution in [1.82, 2.24) is 4.98 Å². The van der Waals surface area contributed by atoms with E-state index in [2.05, 4.69) is 22.4 Å². The van der Waals surface area contributed by atoms with Gasteiger partial charge in [-0.1, -0.05) is 18.2 Å². The molecule has 1 aromatic carbocycles. The van der Waals surface area contributed by atoms with E-state index < -0.39 is 0 Å². The number of fused-ring (bicyclic) bond motifs is 1. The summed E-state index contributed by atoms with van der Waals surface area (Å²) < 4.78 is 5.21. The van der Waals surface area contributed by atoms with Crippen LogP contribution >= 0.6 is 11.8 Å². The molecule has 4 nitrogen and oxygen atoms in total. The van der Waals surface area contributed by atoms with Gasteiger partial charge in [-0.2, -0.15) is 0 Å². The molecule has 3 rings (SSSR count). The van der Waals surface area contributed by atoms with E-state index in [9.17, 15) is 4.79 Å². The molecule has 0 saturated heterocycles. The number of nitrogens with zero attached hydrogens (tertiary/aromatic N) is 1. The molecule has 0 saturated carbocycles. The Bertz CT molecular complexity index is 620. The summed E-state index contributed by atoms with van der Waals surface area (Å²) >= 11 is 1.60. The van der Waals surface area contributed by atoms with Gasteiger partial charge < -0.3 is 10.1 Å². The van der Waals surface area contributed by atoms with Crippen LogP contribution in [0.1, 0.15) is 5.56 Å². The molecule has 1 aliphatic heterocycles. The summed E-state index contributed by atoms with van der Waals surface area (Å²) in [6, 6.07) is 9.85. The fraction of sp³-hybridized carbons (Fsp3) is 0.200. The molecule has 0 bridgehead atoms. The second kappa shape index (κ2) is 5.54. The number of hydrogen-bond acceptors (Lipinski definition) is 4. The van der Waals surface area contributed by atoms with E-state index in [4.69, 9.17) is 4.74 Å². The van der Waals surface area contributed by atoms with Crippen LogP contribution in [0, 0.1) is 0 Å². The van der Waals surface area contributed by atoms with Crippen LogP contribution in [0.5, 0.6) is 5.75 Å². The number of hydrogen-bond donors (Lipinski definition) is 1. The number of methoxy groups -OCH3 is 1. The van der Waals surface area contributed by atoms with Crippen molar-refractivity contribution in [3.8, 4) is 5.75 Å². The second-order valence-corrected chi connectivity index (χ2v) is 5.73. The highest BCUT2D eigenvalue weighted by Crippen LogP contribution is 2.37. The third-order valence-corrected chi connectivity index (χ3v) is 4.52. The highest BCUT2D eigenvalue weighted by atomic mass is 32.2. The molecular formula is C15H14N2O2S. The third kappa shape index (κ3) is 2.49. The summed E-state index contributed by atoms with van der Waals surface area (Å²) in [5.41, 5.74) is 1.84. The predicted molar refractivity (Wildman–Crippen MR) is 79.2 cm³/mol. The zero-order valence-electron chi connectivity index (χ0n) is 11.0. The molecule has 1 aromatic heterocycles. The fourth-order valence-corrected chi connectivity index (χ4v) is 3.39. The number of nitrogens with one attached hydrogen (secondary N) is 1. The molecule has 1 amide bonds. The number of benzene rings is 1. The molecule has 0 fully saturated rings. The molecule has 0 spiro atoms. The second-order valence-electron chi connectivity index (χ2n) is 4.48. The molecule has 0 aliphatic carbocycles. The standard InChI is InChI=1S/C15H14N2O2S/c1-19-12-6-7-16-9-11(12)17-15(18)14-8-10-4-2-3-5-13(10)20-14/h2-7,9,14H,8H2,1H3,(H,17,18). The molecule has 2 heterocycles. The lowest BCUT2D eigenvalue weighted by Gasteiger charge is -2.12. The average molecular weight is 286 g/mol. The number of rotatable bonds is 3. The predicted octanol–water partition coefficient (Wildman–Crippen LogP) is 2.75. The number of thioether (sulfide) groups is 1. The SMILES string of the molecule is COc1ccncc1NC(=O)C1Cc2ccccc2S1. The van der Waals surface area contributed by atoms with E-state index in [1.165, 1.54) is 10.5 Å². The summed E-state index contributed by atoms with van der Waals surface area (Å²) in [5, 5.41) is 2.79. The Hall–Kier alpha value is -2.01. The molecule has 20 heavy (non-hydrogen) atoms. The van der Waals surface area contributed by atoms with Gasteiger partial charge in [-0.3, -0.25) is 9.78 Å². The zero-order valence-corrected chi connectivity index (χ0v) is 11.8. The third-order valence-electron chi connectivity index (χ3n) is 3.20. The van der Waals surface area contributed by atoms with Gasteiger partial charge in [0, 0.05) is 17.2 Å². The van der Waals surface area contributed by atoms with Crippen molar-refractivity contribution in [2.45, 2.75) is 16.6 Å². The van der Waals surface area contributed by atoms with Gasteiger partial charge in [0.05, 0.1) is 18.6 Å². The van der Waals surface area contributed by atoms with Crippen LogP contribution in [0.25, 0.3) is 0 Å². The van der Waals surface area contributed by atoms with Crippen LogP contribution in [0.2, 0.25) is 0 Å². The van der Waals surface area contributed by atoms with Crippen molar-refractivity contribution >= 4 is 23.4 Å². The van der Waals surface area contributed by atoms with Gasteiger partial charge in [0.2, 0.25) is 5.91 Å². The van der Waals surface area contributed by atoms with E-state index in [0.29, 0.717) is 11.4 Å². The maximum atomic E-state index is 12.3. The number of carbonyl (C=O) groups excluding carboxylic acids is 1. The molecule has 2 aromatic rings. The van der Waals surface area contributed by atoms with E-state index in [-0.39, 0.29) is 11.2 Å². The van der Waals surface area contributed by atoms with E-state index >= 15 is 0 Å². The Kier molecular flexibility index (Phi) is 3.60. The highest BCUT2D eigenvalue weighted by molar-refractivity contribution is 8.01. The van der Waals surface area contributed by atoms with Crippen molar-refractivity contribution < 1.29 is 9.53 Å². The van der Waals surface area contributed by atoms with Gasteiger partial charge in [0.15, 0.2) is 0 Å². The van der Waals surface area contributed by atoms with Gasteiger partial charge >= 0.3 is 0 Å². The maximum Gasteiger partial charge on any atom is 0.238 e. The van der Waals surface area contributed by atoms with Gasteiger partial charge in [-0.15, -0.1) is 11.8 Å². The lowest BCUT2D eigenvalue weighted by atomic mass is 10.1. The number of ether oxygens (including phenoxy) is 1. The first-order chi connectivity index (χ1) is 9.78. The smallest absolute Gasteiger partial charge is 0.238 e. The number of pyridine rings is 1. The van der Waals surface area contributed by atoms with Crippen molar-refractivity contribution in [3.05, 3.63) is 48.3 Å². The Morgan fingerprint density at radius 3 is 3.05 bits per heavy atom. The van der Waals surface area contributed by atoms with E-state index in [1.54, 1.807) is 37.3 Å². The maximum absolute atomic E-state index is 12.3. The van der Waals surface area contributed by atoms with Crippen molar-refractivity contribution in [2.75, 3.05) is 12.4 Å². The minimum Gasteiger partial charge on any atom is -0.494 e. The molecule has 0 radical (unpaired) electrons. The topological polar surface area (TPSA) is 51.2 Å². The summed E-state index contributed by atoms with van der Waals surface area (Å²) in [6.45, 7) is 0. The first kappa shape index (κ1) is 13.0. The normalized spacial score (nSPS) is 16.6. The fourth-order valence-electron chi connectivity index (χ4n) is 2.20. The molecule has 1 unspecified atom stereocenters. The Morgan fingerprint density at radius 2 is 2.25 bits per heavy atom. The number of amides is 1. The largest absolute Gasteiger partial charge is 0.494 e. The van der Waals surface area contributed by atoms with Crippen LogP contribution in [0.3, 0.4) is 0 Å². The summed E-state index contributed by atoms with van der Waals surface area (Å²) in [4.78, 5) is 17.5. The molecular weight excluding hydrogens is 272 g/mol. The monoisotopic (exact) mass is 286 g/mol. The van der Waals surface area contributed by atoms with E-state index in [0.717, 1.165) is 6.42 Å². The van der Waals surface area contributed by atoms with Crippen LogP contribution in [-0.4, -0.2) is 23.3 Å². The molecule has 1 atom stereocenters. The first-order valence-electron chi connectivity index (χ1n) is 6.31. The van der Waals surface area contributed by atoms with Gasteiger partial charge in [0.1, 0.15) is 11.4 Å². The molecule has 5 heteroatoms. The molecule has 1 aliphatic rings.